The van der Waals surface area contributed by atoms with E-state index in [1.807, 2.05) is 0 Å². The van der Waals surface area contributed by atoms with E-state index in [1.165, 1.54) is 6.92 Å². The third-order valence-corrected chi connectivity index (χ3v) is 4.34. The molecule has 2 rings (SSSR count). The molecule has 29 heavy (non-hydrogen) atoms. The molecule has 11 atom stereocenters. The highest BCUT2D eigenvalue weighted by Crippen LogP contribution is 2.28. The second-order valence-electron chi connectivity index (χ2n) is 6.54. The van der Waals surface area contributed by atoms with E-state index in [0.717, 1.165) is 0 Å². The molecule has 2 aliphatic rings. The number of aliphatic hydroxyl groups excluding tert-OH is 9. The maximum absolute atomic E-state index is 9.94. The number of rotatable bonds is 5. The summed E-state index contributed by atoms with van der Waals surface area (Å²) in [7, 11) is 0. The first kappa shape index (κ1) is 26.0. The van der Waals surface area contributed by atoms with Gasteiger partial charge in [-0.15, -0.1) is 0 Å². The summed E-state index contributed by atoms with van der Waals surface area (Å²) in [5, 5.41) is 92.3. The summed E-state index contributed by atoms with van der Waals surface area (Å²) < 4.78 is 15.3. The van der Waals surface area contributed by atoms with E-state index < -0.39 is 86.7 Å². The van der Waals surface area contributed by atoms with Crippen molar-refractivity contribution in [2.45, 2.75) is 74.4 Å². The average Bonchev–Trinajstić information content (AvgIpc) is 2.68. The van der Waals surface area contributed by atoms with Gasteiger partial charge in [0.15, 0.2) is 12.6 Å². The smallest absolute Gasteiger partial charge is 0.332 e. The number of aliphatic carboxylic acids is 1. The molecule has 2 saturated heterocycles. The van der Waals surface area contributed by atoms with Gasteiger partial charge in [0.2, 0.25) is 0 Å². The molecule has 1 unspecified atom stereocenters. The van der Waals surface area contributed by atoms with Crippen LogP contribution in [-0.2, 0) is 19.0 Å². The first-order valence-corrected chi connectivity index (χ1v) is 8.63. The standard InChI is InChI=1S/C12H22O11.C3H6O3/c13-1-3-5(15)6(16)9(19)12(22-3)23-10-4(2-14)21-11(20)8(18)7(10)17;1-2(4)3(5)6/h3-20H,1-2H2;2,4H,1H3,(H,5,6)/t3-,4-,5+,6+,7-,8-,9-,10-,11-,12+;/m1./s1. The monoisotopic (exact) mass is 432 g/mol. The maximum Gasteiger partial charge on any atom is 0.332 e. The van der Waals surface area contributed by atoms with E-state index in [-0.39, 0.29) is 0 Å². The second kappa shape index (κ2) is 11.4. The van der Waals surface area contributed by atoms with Crippen molar-refractivity contribution in [2.24, 2.45) is 0 Å². The van der Waals surface area contributed by atoms with Crippen molar-refractivity contribution in [3.8, 4) is 0 Å². The van der Waals surface area contributed by atoms with Crippen LogP contribution in [0.4, 0.5) is 0 Å². The molecule has 10 N–H and O–H groups in total. The summed E-state index contributed by atoms with van der Waals surface area (Å²) in [6, 6.07) is 0. The molecule has 0 aromatic heterocycles. The Balaban J connectivity index is 0.000000612. The van der Waals surface area contributed by atoms with Crippen LogP contribution in [0.3, 0.4) is 0 Å². The molecule has 0 aliphatic carbocycles. The Labute approximate surface area is 164 Å². The summed E-state index contributed by atoms with van der Waals surface area (Å²) >= 11 is 0. The molecule has 2 aliphatic heterocycles. The summed E-state index contributed by atoms with van der Waals surface area (Å²) in [6.45, 7) is -0.148. The van der Waals surface area contributed by atoms with Gasteiger partial charge in [0.05, 0.1) is 13.2 Å². The third kappa shape index (κ3) is 6.48. The molecule has 0 amide bonds. The van der Waals surface area contributed by atoms with Crippen LogP contribution in [0.15, 0.2) is 0 Å². The van der Waals surface area contributed by atoms with Crippen molar-refractivity contribution in [1.29, 1.82) is 0 Å². The van der Waals surface area contributed by atoms with Crippen molar-refractivity contribution in [3.63, 3.8) is 0 Å². The number of ether oxygens (including phenoxy) is 3. The minimum atomic E-state index is -1.74. The van der Waals surface area contributed by atoms with Crippen LogP contribution in [-0.4, -0.2) is 138 Å². The SMILES string of the molecule is CC(O)C(=O)O.OC[C@H]1O[C@@H](O[C@H]2[C@H](O)[C@@H](O)[C@H](O)O[C@@H]2CO)[C@H](O)[C@@H](O)[C@H]1O. The highest BCUT2D eigenvalue weighted by atomic mass is 16.7. The van der Waals surface area contributed by atoms with Crippen LogP contribution in [0.1, 0.15) is 6.92 Å². The van der Waals surface area contributed by atoms with E-state index in [1.54, 1.807) is 0 Å². The quantitative estimate of drug-likeness (QED) is 0.194. The minimum Gasteiger partial charge on any atom is -0.479 e. The van der Waals surface area contributed by atoms with Crippen LogP contribution < -0.4 is 0 Å². The van der Waals surface area contributed by atoms with Crippen molar-refractivity contribution in [2.75, 3.05) is 13.2 Å². The molecular weight excluding hydrogens is 404 g/mol. The molecule has 172 valence electrons. The number of hydrogen-bond acceptors (Lipinski definition) is 13. The lowest BCUT2D eigenvalue weighted by molar-refractivity contribution is -0.355. The summed E-state index contributed by atoms with van der Waals surface area (Å²) in [4.78, 5) is 9.45. The topological polar surface area (TPSA) is 247 Å². The van der Waals surface area contributed by atoms with Gasteiger partial charge in [0.25, 0.3) is 0 Å². The van der Waals surface area contributed by atoms with Crippen LogP contribution >= 0.6 is 0 Å². The van der Waals surface area contributed by atoms with Gasteiger partial charge < -0.3 is 65.3 Å². The predicted octanol–water partition coefficient (Wildman–Crippen LogP) is -5.95. The fraction of sp³-hybridized carbons (Fsp3) is 0.933. The lowest BCUT2D eigenvalue weighted by Gasteiger charge is -2.45. The highest BCUT2D eigenvalue weighted by molar-refractivity contribution is 5.71. The number of carboxylic acid groups (broad SMARTS) is 1. The third-order valence-electron chi connectivity index (χ3n) is 4.34. The first-order valence-electron chi connectivity index (χ1n) is 8.63. The van der Waals surface area contributed by atoms with E-state index in [9.17, 15) is 40.5 Å². The molecule has 0 radical (unpaired) electrons. The number of hydrogen-bond donors (Lipinski definition) is 10. The Hall–Kier alpha value is -1.01. The first-order chi connectivity index (χ1) is 13.5. The van der Waals surface area contributed by atoms with Crippen LogP contribution in [0.2, 0.25) is 0 Å². The lowest BCUT2D eigenvalue weighted by Crippen LogP contribution is -2.64. The van der Waals surface area contributed by atoms with Crippen LogP contribution in [0, 0.1) is 0 Å². The molecule has 2 heterocycles. The van der Waals surface area contributed by atoms with Gasteiger partial charge in [-0.25, -0.2) is 4.79 Å². The van der Waals surface area contributed by atoms with Gasteiger partial charge in [0, 0.05) is 0 Å². The van der Waals surface area contributed by atoms with Gasteiger partial charge in [0.1, 0.15) is 54.9 Å². The Kier molecular flexibility index (Phi) is 10.2. The number of aliphatic hydroxyl groups is 9. The van der Waals surface area contributed by atoms with Gasteiger partial charge in [-0.1, -0.05) is 0 Å². The van der Waals surface area contributed by atoms with Crippen LogP contribution in [0.25, 0.3) is 0 Å². The number of carboxylic acids is 1. The summed E-state index contributed by atoms with van der Waals surface area (Å²) in [5.74, 6) is -1.19. The van der Waals surface area contributed by atoms with Crippen molar-refractivity contribution in [3.05, 3.63) is 0 Å². The fourth-order valence-corrected chi connectivity index (χ4v) is 2.57. The van der Waals surface area contributed by atoms with Crippen molar-refractivity contribution >= 4 is 5.97 Å². The average molecular weight is 432 g/mol. The van der Waals surface area contributed by atoms with Crippen molar-refractivity contribution in [1.82, 2.24) is 0 Å². The molecule has 0 spiro atoms. The zero-order valence-corrected chi connectivity index (χ0v) is 15.4. The van der Waals surface area contributed by atoms with Gasteiger partial charge in [-0.3, -0.25) is 0 Å². The molecule has 0 aromatic rings. The van der Waals surface area contributed by atoms with E-state index in [2.05, 4.69) is 0 Å². The predicted molar refractivity (Wildman–Crippen MR) is 87.9 cm³/mol. The molecule has 0 saturated carbocycles. The molecule has 0 bridgehead atoms. The largest absolute Gasteiger partial charge is 0.479 e. The Bertz CT molecular complexity index is 499. The number of carbonyl (C=O) groups is 1. The maximum atomic E-state index is 9.94. The summed E-state index contributed by atoms with van der Waals surface area (Å²) in [5.41, 5.74) is 0. The fourth-order valence-electron chi connectivity index (χ4n) is 2.57. The van der Waals surface area contributed by atoms with E-state index in [4.69, 9.17) is 29.5 Å². The van der Waals surface area contributed by atoms with Gasteiger partial charge in [-0.05, 0) is 6.92 Å². The van der Waals surface area contributed by atoms with Crippen LogP contribution in [0.5, 0.6) is 0 Å². The van der Waals surface area contributed by atoms with Crippen molar-refractivity contribution < 1.29 is 70.1 Å². The molecule has 0 aromatic carbocycles. The normalized spacial score (nSPS) is 43.8. The molecule has 14 heteroatoms. The molecule has 2 fully saturated rings. The molecule has 14 nitrogen and oxygen atoms in total. The zero-order valence-electron chi connectivity index (χ0n) is 15.4. The molecular formula is C15H28O14. The van der Waals surface area contributed by atoms with E-state index in [0.29, 0.717) is 0 Å². The zero-order chi connectivity index (χ0) is 22.5. The highest BCUT2D eigenvalue weighted by Gasteiger charge is 2.50. The van der Waals surface area contributed by atoms with Gasteiger partial charge in [-0.2, -0.15) is 0 Å². The minimum absolute atomic E-state index is 0.667. The summed E-state index contributed by atoms with van der Waals surface area (Å²) in [6.07, 6.45) is -16.8. The second-order valence-corrected chi connectivity index (χ2v) is 6.54. The van der Waals surface area contributed by atoms with E-state index >= 15 is 0 Å². The Morgan fingerprint density at radius 3 is 1.83 bits per heavy atom. The van der Waals surface area contributed by atoms with Gasteiger partial charge >= 0.3 is 5.97 Å². The lowest BCUT2D eigenvalue weighted by atomic mass is 9.97. The Morgan fingerprint density at radius 2 is 1.38 bits per heavy atom. The Morgan fingerprint density at radius 1 is 0.862 bits per heavy atom.